The fourth-order valence-electron chi connectivity index (χ4n) is 0.767. The van der Waals surface area contributed by atoms with Crippen LogP contribution in [0.25, 0.3) is 0 Å². The number of halogens is 2. The maximum absolute atomic E-state index is 12.0. The smallest absolute Gasteiger partial charge is 0.334 e. The van der Waals surface area contributed by atoms with Crippen LogP contribution in [0.15, 0.2) is 6.33 Å². The lowest BCUT2D eigenvalue weighted by Crippen LogP contribution is -2.08. The van der Waals surface area contributed by atoms with Gasteiger partial charge in [-0.1, -0.05) is 0 Å². The first-order valence-corrected chi connectivity index (χ1v) is 3.51. The fourth-order valence-corrected chi connectivity index (χ4v) is 0.767. The second kappa shape index (κ2) is 4.24. The van der Waals surface area contributed by atoms with Gasteiger partial charge in [0.25, 0.3) is 0 Å². The minimum atomic E-state index is -2.74. The van der Waals surface area contributed by atoms with Gasteiger partial charge in [0.05, 0.1) is 6.61 Å². The van der Waals surface area contributed by atoms with Crippen LogP contribution in [0.5, 0.6) is 0 Å². The molecule has 1 unspecified atom stereocenters. The summed E-state index contributed by atoms with van der Waals surface area (Å²) < 4.78 is 28.9. The lowest BCUT2D eigenvalue weighted by molar-refractivity contribution is 0.0459. The molecule has 13 heavy (non-hydrogen) atoms. The molecular formula is C6H9F2N3O2. The van der Waals surface area contributed by atoms with Gasteiger partial charge in [0, 0.05) is 7.11 Å². The zero-order valence-electron chi connectivity index (χ0n) is 6.89. The quantitative estimate of drug-likeness (QED) is 0.749. The molecule has 5 nitrogen and oxygen atoms in total. The highest BCUT2D eigenvalue weighted by Crippen LogP contribution is 2.11. The van der Waals surface area contributed by atoms with Crippen LogP contribution >= 0.6 is 0 Å². The van der Waals surface area contributed by atoms with Crippen molar-refractivity contribution >= 4 is 0 Å². The predicted octanol–water partition coefficient (Wildman–Crippen LogP) is 0.353. The van der Waals surface area contributed by atoms with E-state index < -0.39 is 12.7 Å². The van der Waals surface area contributed by atoms with Crippen LogP contribution in [-0.2, 0) is 4.74 Å². The van der Waals surface area contributed by atoms with E-state index in [4.69, 9.17) is 0 Å². The first-order valence-electron chi connectivity index (χ1n) is 3.51. The number of nitrogens with zero attached hydrogens (tertiary/aromatic N) is 3. The molecule has 0 saturated heterocycles. The number of hydrogen-bond donors (Lipinski definition) is 1. The van der Waals surface area contributed by atoms with Crippen molar-refractivity contribution in [2.45, 2.75) is 12.7 Å². The third kappa shape index (κ3) is 2.43. The van der Waals surface area contributed by atoms with Gasteiger partial charge in [-0.2, -0.15) is 13.5 Å². The molecule has 1 aromatic heterocycles. The molecule has 7 heteroatoms. The Labute approximate surface area is 73.0 Å². The molecule has 1 aromatic rings. The highest BCUT2D eigenvalue weighted by molar-refractivity contribution is 4.87. The van der Waals surface area contributed by atoms with Gasteiger partial charge in [-0.15, -0.1) is 5.10 Å². The van der Waals surface area contributed by atoms with E-state index in [0.29, 0.717) is 4.68 Å². The topological polar surface area (TPSA) is 60.2 Å². The Kier molecular flexibility index (Phi) is 3.26. The van der Waals surface area contributed by atoms with E-state index in [0.717, 1.165) is 6.33 Å². The summed E-state index contributed by atoms with van der Waals surface area (Å²) in [4.78, 5) is 3.50. The SMILES string of the molecule is COCC(O)c1ncn(C(F)F)n1. The van der Waals surface area contributed by atoms with E-state index in [-0.39, 0.29) is 12.4 Å². The van der Waals surface area contributed by atoms with Crippen molar-refractivity contribution in [2.75, 3.05) is 13.7 Å². The van der Waals surface area contributed by atoms with Gasteiger partial charge >= 0.3 is 6.55 Å². The molecule has 0 amide bonds. The molecule has 0 saturated carbocycles. The van der Waals surface area contributed by atoms with Crippen molar-refractivity contribution in [3.05, 3.63) is 12.2 Å². The monoisotopic (exact) mass is 193 g/mol. The molecule has 0 aromatic carbocycles. The molecule has 0 radical (unpaired) electrons. The molecule has 74 valence electrons. The molecular weight excluding hydrogens is 184 g/mol. The summed E-state index contributed by atoms with van der Waals surface area (Å²) >= 11 is 0. The third-order valence-corrected chi connectivity index (χ3v) is 1.35. The summed E-state index contributed by atoms with van der Waals surface area (Å²) in [6, 6.07) is 0. The second-order valence-corrected chi connectivity index (χ2v) is 2.33. The number of methoxy groups -OCH3 is 1. The molecule has 0 aliphatic carbocycles. The van der Waals surface area contributed by atoms with Crippen LogP contribution in [-0.4, -0.2) is 33.6 Å². The van der Waals surface area contributed by atoms with Crippen molar-refractivity contribution in [3.8, 4) is 0 Å². The van der Waals surface area contributed by atoms with E-state index in [1.165, 1.54) is 7.11 Å². The number of alkyl halides is 2. The summed E-state index contributed by atoms with van der Waals surface area (Å²) in [7, 11) is 1.38. The van der Waals surface area contributed by atoms with Gasteiger partial charge in [0.1, 0.15) is 12.4 Å². The van der Waals surface area contributed by atoms with Crippen LogP contribution in [0.3, 0.4) is 0 Å². The predicted molar refractivity (Wildman–Crippen MR) is 38.1 cm³/mol. The van der Waals surface area contributed by atoms with Crippen LogP contribution < -0.4 is 0 Å². The van der Waals surface area contributed by atoms with Crippen molar-refractivity contribution in [3.63, 3.8) is 0 Å². The fraction of sp³-hybridized carbons (Fsp3) is 0.667. The van der Waals surface area contributed by atoms with E-state index >= 15 is 0 Å². The first kappa shape index (κ1) is 10.0. The normalized spacial score (nSPS) is 13.6. The van der Waals surface area contributed by atoms with Crippen LogP contribution in [0.2, 0.25) is 0 Å². The zero-order valence-corrected chi connectivity index (χ0v) is 6.89. The van der Waals surface area contributed by atoms with E-state index in [1.807, 2.05) is 0 Å². The lowest BCUT2D eigenvalue weighted by atomic mass is 10.4. The minimum absolute atomic E-state index is 0.0206. The summed E-state index contributed by atoms with van der Waals surface area (Å²) in [5, 5.41) is 12.6. The first-order chi connectivity index (χ1) is 6.15. The highest BCUT2D eigenvalue weighted by Gasteiger charge is 2.15. The molecule has 1 atom stereocenters. The summed E-state index contributed by atoms with van der Waals surface area (Å²) in [6.07, 6.45) is -0.205. The Hall–Kier alpha value is -1.08. The maximum atomic E-state index is 12.0. The lowest BCUT2D eigenvalue weighted by Gasteiger charge is -2.03. The summed E-state index contributed by atoms with van der Waals surface area (Å²) in [5.41, 5.74) is 0. The average molecular weight is 193 g/mol. The number of hydrogen-bond acceptors (Lipinski definition) is 4. The Morgan fingerprint density at radius 1 is 1.69 bits per heavy atom. The highest BCUT2D eigenvalue weighted by atomic mass is 19.3. The third-order valence-electron chi connectivity index (χ3n) is 1.35. The Balaban J connectivity index is 2.67. The second-order valence-electron chi connectivity index (χ2n) is 2.33. The molecule has 0 fully saturated rings. The Bertz CT molecular complexity index is 266. The molecule has 0 spiro atoms. The van der Waals surface area contributed by atoms with Crippen molar-refractivity contribution in [2.24, 2.45) is 0 Å². The van der Waals surface area contributed by atoms with Gasteiger partial charge in [-0.25, -0.2) is 4.98 Å². The summed E-state index contributed by atoms with van der Waals surface area (Å²) in [5.74, 6) is -0.0675. The number of aliphatic hydroxyl groups is 1. The number of ether oxygens (including phenoxy) is 1. The van der Waals surface area contributed by atoms with Gasteiger partial charge < -0.3 is 9.84 Å². The standard InChI is InChI=1S/C6H9F2N3O2/c1-13-2-4(12)5-9-3-11(10-5)6(7)8/h3-4,6,12H,2H2,1H3. The van der Waals surface area contributed by atoms with Gasteiger partial charge in [-0.3, -0.25) is 0 Å². The molecule has 0 aliphatic rings. The number of aromatic nitrogens is 3. The minimum Gasteiger partial charge on any atom is -0.383 e. The van der Waals surface area contributed by atoms with Crippen LogP contribution in [0.4, 0.5) is 8.78 Å². The molecule has 0 aliphatic heterocycles. The Morgan fingerprint density at radius 3 is 2.85 bits per heavy atom. The number of rotatable bonds is 4. The van der Waals surface area contributed by atoms with Gasteiger partial charge in [0.2, 0.25) is 0 Å². The average Bonchev–Trinajstić information content (AvgIpc) is 2.52. The Morgan fingerprint density at radius 2 is 2.38 bits per heavy atom. The largest absolute Gasteiger partial charge is 0.383 e. The van der Waals surface area contributed by atoms with Crippen LogP contribution in [0, 0.1) is 0 Å². The van der Waals surface area contributed by atoms with Gasteiger partial charge in [0.15, 0.2) is 5.82 Å². The molecule has 1 rings (SSSR count). The van der Waals surface area contributed by atoms with E-state index in [1.54, 1.807) is 0 Å². The van der Waals surface area contributed by atoms with Crippen molar-refractivity contribution in [1.82, 2.24) is 14.8 Å². The molecule has 1 heterocycles. The number of aliphatic hydroxyl groups excluding tert-OH is 1. The maximum Gasteiger partial charge on any atom is 0.334 e. The van der Waals surface area contributed by atoms with Gasteiger partial charge in [-0.05, 0) is 0 Å². The van der Waals surface area contributed by atoms with E-state index in [9.17, 15) is 13.9 Å². The molecule has 0 bridgehead atoms. The summed E-state index contributed by atoms with van der Waals surface area (Å²) in [6.45, 7) is -2.76. The van der Waals surface area contributed by atoms with Crippen molar-refractivity contribution < 1.29 is 18.6 Å². The molecule has 1 N–H and O–H groups in total. The van der Waals surface area contributed by atoms with Crippen molar-refractivity contribution in [1.29, 1.82) is 0 Å². The zero-order chi connectivity index (χ0) is 9.84. The van der Waals surface area contributed by atoms with E-state index in [2.05, 4.69) is 14.8 Å². The van der Waals surface area contributed by atoms with Crippen LogP contribution in [0.1, 0.15) is 18.5 Å².